The summed E-state index contributed by atoms with van der Waals surface area (Å²) in [6, 6.07) is 16.2. The van der Waals surface area contributed by atoms with Crippen molar-refractivity contribution in [2.24, 2.45) is 4.99 Å². The number of anilines is 1. The normalized spacial score (nSPS) is 15.4. The Kier molecular flexibility index (Phi) is 7.60. The Hall–Kier alpha value is -1.71. The van der Waals surface area contributed by atoms with Crippen LogP contribution in [0.3, 0.4) is 0 Å². The molecule has 0 bridgehead atoms. The fraction of sp³-hybridized carbons (Fsp3) is 0.350. The van der Waals surface area contributed by atoms with Crippen LogP contribution >= 0.6 is 24.0 Å². The molecule has 5 heteroatoms. The van der Waals surface area contributed by atoms with Gasteiger partial charge in [-0.2, -0.15) is 0 Å². The highest BCUT2D eigenvalue weighted by Gasteiger charge is 2.15. The molecule has 1 saturated carbocycles. The zero-order valence-electron chi connectivity index (χ0n) is 14.4. The van der Waals surface area contributed by atoms with Crippen molar-refractivity contribution in [3.8, 4) is 5.75 Å². The van der Waals surface area contributed by atoms with Gasteiger partial charge in [-0.05, 0) is 31.0 Å². The summed E-state index contributed by atoms with van der Waals surface area (Å²) in [5, 5.41) is 4.11. The van der Waals surface area contributed by atoms with Crippen molar-refractivity contribution in [3.63, 3.8) is 0 Å². The Morgan fingerprint density at radius 2 is 1.80 bits per heavy atom. The van der Waals surface area contributed by atoms with E-state index in [-0.39, 0.29) is 12.4 Å². The largest absolute Gasteiger partial charge is 0.495 e. The van der Waals surface area contributed by atoms with Crippen molar-refractivity contribution >= 4 is 35.5 Å². The van der Waals surface area contributed by atoms with Crippen LogP contribution in [-0.4, -0.2) is 19.0 Å². The summed E-state index contributed by atoms with van der Waals surface area (Å²) in [4.78, 5) is 5.01. The van der Waals surface area contributed by atoms with Crippen molar-refractivity contribution in [2.45, 2.75) is 38.1 Å². The number of hydrogen-bond donors (Lipinski definition) is 1. The molecule has 0 aliphatic heterocycles. The van der Waals surface area contributed by atoms with Gasteiger partial charge in [0.05, 0.1) is 18.8 Å². The molecule has 134 valence electrons. The van der Waals surface area contributed by atoms with Crippen LogP contribution < -0.4 is 10.1 Å². The quantitative estimate of drug-likeness (QED) is 0.525. The van der Waals surface area contributed by atoms with Gasteiger partial charge in [0, 0.05) is 10.6 Å². The Balaban J connectivity index is 0.00000225. The number of nitrogens with one attached hydrogen (secondary N) is 1. The van der Waals surface area contributed by atoms with Crippen molar-refractivity contribution in [3.05, 3.63) is 59.1 Å². The predicted molar refractivity (Wildman–Crippen MR) is 109 cm³/mol. The fourth-order valence-corrected chi connectivity index (χ4v) is 3.25. The van der Waals surface area contributed by atoms with E-state index in [2.05, 4.69) is 17.4 Å². The van der Waals surface area contributed by atoms with Crippen LogP contribution in [0, 0.1) is 0 Å². The molecule has 2 aromatic rings. The third-order valence-corrected chi connectivity index (χ3v) is 4.58. The molecule has 1 N–H and O–H groups in total. The van der Waals surface area contributed by atoms with Gasteiger partial charge in [0.1, 0.15) is 11.6 Å². The van der Waals surface area contributed by atoms with Gasteiger partial charge in [0.2, 0.25) is 0 Å². The summed E-state index contributed by atoms with van der Waals surface area (Å²) in [5.74, 6) is 1.63. The van der Waals surface area contributed by atoms with Crippen LogP contribution in [-0.2, 0) is 0 Å². The monoisotopic (exact) mass is 378 g/mol. The SMILES string of the molecule is COc1ccc(Cl)cc1NC(=NC1CCCCC1)c1ccccc1.Cl. The highest BCUT2D eigenvalue weighted by atomic mass is 35.5. The summed E-state index contributed by atoms with van der Waals surface area (Å²) < 4.78 is 5.45. The van der Waals surface area contributed by atoms with Gasteiger partial charge < -0.3 is 10.1 Å². The lowest BCUT2D eigenvalue weighted by Crippen LogP contribution is -2.20. The Morgan fingerprint density at radius 3 is 2.48 bits per heavy atom. The van der Waals surface area contributed by atoms with E-state index in [0.29, 0.717) is 11.1 Å². The van der Waals surface area contributed by atoms with Gasteiger partial charge in [0.25, 0.3) is 0 Å². The van der Waals surface area contributed by atoms with E-state index < -0.39 is 0 Å². The molecule has 25 heavy (non-hydrogen) atoms. The molecule has 0 heterocycles. The average Bonchev–Trinajstić information content (AvgIpc) is 2.63. The summed E-state index contributed by atoms with van der Waals surface area (Å²) in [6.07, 6.45) is 6.16. The average molecular weight is 379 g/mol. The zero-order valence-corrected chi connectivity index (χ0v) is 15.9. The first-order chi connectivity index (χ1) is 11.8. The second-order valence-electron chi connectivity index (χ2n) is 6.11. The molecule has 3 rings (SSSR count). The second-order valence-corrected chi connectivity index (χ2v) is 6.54. The Bertz CT molecular complexity index is 698. The standard InChI is InChI=1S/C20H23ClN2O.ClH/c1-24-19-13-12-16(21)14-18(19)23-20(15-8-4-2-5-9-15)22-17-10-6-3-7-11-17;/h2,4-5,8-9,12-14,17H,3,6-7,10-11H2,1H3,(H,22,23);1H. The first kappa shape index (κ1) is 19.6. The number of benzene rings is 2. The van der Waals surface area contributed by atoms with E-state index in [1.807, 2.05) is 36.4 Å². The predicted octanol–water partition coefficient (Wildman–Crippen LogP) is 5.96. The number of aliphatic imine (C=N–C) groups is 1. The number of ether oxygens (including phenoxy) is 1. The van der Waals surface area contributed by atoms with Gasteiger partial charge in [-0.25, -0.2) is 0 Å². The number of hydrogen-bond acceptors (Lipinski definition) is 2. The molecule has 0 atom stereocenters. The summed E-state index contributed by atoms with van der Waals surface area (Å²) >= 11 is 6.16. The number of amidine groups is 1. The number of methoxy groups -OCH3 is 1. The maximum absolute atomic E-state index is 6.16. The number of rotatable bonds is 4. The van der Waals surface area contributed by atoms with Gasteiger partial charge in [0.15, 0.2) is 0 Å². The highest BCUT2D eigenvalue weighted by Crippen LogP contribution is 2.29. The Labute approximate surface area is 160 Å². The molecule has 2 aromatic carbocycles. The minimum Gasteiger partial charge on any atom is -0.495 e. The third kappa shape index (κ3) is 5.38. The molecule has 1 aliphatic carbocycles. The van der Waals surface area contributed by atoms with Gasteiger partial charge in [-0.3, -0.25) is 4.99 Å². The van der Waals surface area contributed by atoms with Gasteiger partial charge in [-0.15, -0.1) is 12.4 Å². The minimum atomic E-state index is 0. The summed E-state index contributed by atoms with van der Waals surface area (Å²) in [6.45, 7) is 0. The number of nitrogens with zero attached hydrogens (tertiary/aromatic N) is 1. The van der Waals surface area contributed by atoms with Gasteiger partial charge >= 0.3 is 0 Å². The van der Waals surface area contributed by atoms with Crippen molar-refractivity contribution in [2.75, 3.05) is 12.4 Å². The van der Waals surface area contributed by atoms with Gasteiger partial charge in [-0.1, -0.05) is 61.2 Å². The zero-order chi connectivity index (χ0) is 16.8. The fourth-order valence-electron chi connectivity index (χ4n) is 3.07. The number of halogens is 2. The lowest BCUT2D eigenvalue weighted by Gasteiger charge is -2.21. The molecular formula is C20H24Cl2N2O. The maximum Gasteiger partial charge on any atom is 0.142 e. The van der Waals surface area contributed by atoms with Crippen molar-refractivity contribution < 1.29 is 4.74 Å². The molecule has 3 nitrogen and oxygen atoms in total. The first-order valence-corrected chi connectivity index (χ1v) is 8.88. The van der Waals surface area contributed by atoms with E-state index in [0.717, 1.165) is 35.7 Å². The topological polar surface area (TPSA) is 33.6 Å². The molecule has 1 fully saturated rings. The molecule has 0 spiro atoms. The highest BCUT2D eigenvalue weighted by molar-refractivity contribution is 6.31. The minimum absolute atomic E-state index is 0. The molecular weight excluding hydrogens is 355 g/mol. The van der Waals surface area contributed by atoms with E-state index in [4.69, 9.17) is 21.3 Å². The maximum atomic E-state index is 6.16. The molecule has 1 aliphatic rings. The van der Waals surface area contributed by atoms with Crippen LogP contribution in [0.2, 0.25) is 5.02 Å². The van der Waals surface area contributed by atoms with E-state index >= 15 is 0 Å². The van der Waals surface area contributed by atoms with E-state index in [9.17, 15) is 0 Å². The second kappa shape index (κ2) is 9.69. The van der Waals surface area contributed by atoms with Crippen LogP contribution in [0.15, 0.2) is 53.5 Å². The van der Waals surface area contributed by atoms with Crippen molar-refractivity contribution in [1.82, 2.24) is 0 Å². The summed E-state index contributed by atoms with van der Waals surface area (Å²) in [7, 11) is 1.66. The van der Waals surface area contributed by atoms with E-state index in [1.54, 1.807) is 7.11 Å². The Morgan fingerprint density at radius 1 is 1.08 bits per heavy atom. The first-order valence-electron chi connectivity index (χ1n) is 8.50. The third-order valence-electron chi connectivity index (χ3n) is 4.35. The van der Waals surface area contributed by atoms with Crippen LogP contribution in [0.25, 0.3) is 0 Å². The molecule has 0 amide bonds. The van der Waals surface area contributed by atoms with Crippen LogP contribution in [0.5, 0.6) is 5.75 Å². The molecule has 0 aromatic heterocycles. The van der Waals surface area contributed by atoms with Crippen LogP contribution in [0.1, 0.15) is 37.7 Å². The molecule has 0 unspecified atom stereocenters. The summed E-state index contributed by atoms with van der Waals surface area (Å²) in [5.41, 5.74) is 1.91. The van der Waals surface area contributed by atoms with Crippen LogP contribution in [0.4, 0.5) is 5.69 Å². The lowest BCUT2D eigenvalue weighted by atomic mass is 9.96. The van der Waals surface area contributed by atoms with E-state index in [1.165, 1.54) is 19.3 Å². The molecule has 0 saturated heterocycles. The van der Waals surface area contributed by atoms with Crippen molar-refractivity contribution in [1.29, 1.82) is 0 Å². The molecule has 0 radical (unpaired) electrons. The smallest absolute Gasteiger partial charge is 0.142 e. The lowest BCUT2D eigenvalue weighted by molar-refractivity contribution is 0.417.